The third kappa shape index (κ3) is 4.96. The van der Waals surface area contributed by atoms with Crippen molar-refractivity contribution >= 4 is 10.2 Å². The molecule has 1 rings (SSSR count). The number of rotatable bonds is 7. The fraction of sp³-hybridized carbons (Fsp3) is 1.00. The Labute approximate surface area is 124 Å². The van der Waals surface area contributed by atoms with Crippen molar-refractivity contribution in [1.82, 2.24) is 18.8 Å². The van der Waals surface area contributed by atoms with Gasteiger partial charge in [-0.2, -0.15) is 17.0 Å². The van der Waals surface area contributed by atoms with Gasteiger partial charge in [0.15, 0.2) is 0 Å². The van der Waals surface area contributed by atoms with E-state index in [2.05, 4.69) is 24.1 Å². The van der Waals surface area contributed by atoms with E-state index in [0.29, 0.717) is 19.1 Å². The van der Waals surface area contributed by atoms with Gasteiger partial charge in [0.25, 0.3) is 10.2 Å². The lowest BCUT2D eigenvalue weighted by Crippen LogP contribution is -2.56. The van der Waals surface area contributed by atoms with Crippen LogP contribution < -0.4 is 5.32 Å². The van der Waals surface area contributed by atoms with E-state index < -0.39 is 10.2 Å². The van der Waals surface area contributed by atoms with Gasteiger partial charge in [0, 0.05) is 45.3 Å². The van der Waals surface area contributed by atoms with E-state index in [1.807, 2.05) is 14.0 Å². The van der Waals surface area contributed by atoms with Crippen molar-refractivity contribution in [3.8, 4) is 0 Å². The largest absolute Gasteiger partial charge is 0.314 e. The molecular formula is C13H30N4O2S. The molecule has 0 amide bonds. The van der Waals surface area contributed by atoms with Gasteiger partial charge in [-0.25, -0.2) is 0 Å². The molecule has 0 radical (unpaired) electrons. The highest BCUT2D eigenvalue weighted by Crippen LogP contribution is 2.15. The predicted octanol–water partition coefficient (Wildman–Crippen LogP) is 0.187. The number of hydrogen-bond donors (Lipinski definition) is 1. The predicted molar refractivity (Wildman–Crippen MR) is 83.0 cm³/mol. The third-order valence-electron chi connectivity index (χ3n) is 3.66. The molecule has 120 valence electrons. The zero-order valence-corrected chi connectivity index (χ0v) is 14.3. The van der Waals surface area contributed by atoms with Gasteiger partial charge >= 0.3 is 0 Å². The van der Waals surface area contributed by atoms with Crippen molar-refractivity contribution in [3.05, 3.63) is 0 Å². The fourth-order valence-electron chi connectivity index (χ4n) is 2.45. The highest BCUT2D eigenvalue weighted by atomic mass is 32.2. The van der Waals surface area contributed by atoms with Gasteiger partial charge in [0.05, 0.1) is 0 Å². The zero-order valence-electron chi connectivity index (χ0n) is 13.5. The summed E-state index contributed by atoms with van der Waals surface area (Å²) in [5.74, 6) is 0. The molecule has 1 aliphatic rings. The lowest BCUT2D eigenvalue weighted by Gasteiger charge is -2.38. The van der Waals surface area contributed by atoms with Gasteiger partial charge in [-0.3, -0.25) is 0 Å². The van der Waals surface area contributed by atoms with Crippen LogP contribution in [0.4, 0.5) is 0 Å². The molecule has 1 aliphatic heterocycles. The first-order valence-corrected chi connectivity index (χ1v) is 8.80. The van der Waals surface area contributed by atoms with Gasteiger partial charge in [-0.05, 0) is 26.9 Å². The molecule has 0 aromatic carbocycles. The van der Waals surface area contributed by atoms with Crippen molar-refractivity contribution < 1.29 is 8.42 Å². The second kappa shape index (κ2) is 7.70. The average molecular weight is 306 g/mol. The summed E-state index contributed by atoms with van der Waals surface area (Å²) in [7, 11) is 0.383. The Balaban J connectivity index is 2.50. The van der Waals surface area contributed by atoms with E-state index in [0.717, 1.165) is 26.1 Å². The number of nitrogens with one attached hydrogen (secondary N) is 1. The van der Waals surface area contributed by atoms with Crippen molar-refractivity contribution in [2.75, 3.05) is 46.8 Å². The summed E-state index contributed by atoms with van der Waals surface area (Å²) in [6.45, 7) is 9.72. The van der Waals surface area contributed by atoms with E-state index >= 15 is 0 Å². The molecule has 0 spiro atoms. The normalized spacial score (nSPS) is 22.9. The van der Waals surface area contributed by atoms with Crippen LogP contribution >= 0.6 is 0 Å². The first kappa shape index (κ1) is 17.8. The van der Waals surface area contributed by atoms with Crippen LogP contribution in [-0.2, 0) is 10.2 Å². The summed E-state index contributed by atoms with van der Waals surface area (Å²) in [5, 5.41) is 3.30. The van der Waals surface area contributed by atoms with E-state index in [-0.39, 0.29) is 6.04 Å². The van der Waals surface area contributed by atoms with Gasteiger partial charge in [-0.1, -0.05) is 13.8 Å². The maximum absolute atomic E-state index is 12.5. The molecule has 1 N–H and O–H groups in total. The summed E-state index contributed by atoms with van der Waals surface area (Å²) in [6, 6.07) is 0.476. The van der Waals surface area contributed by atoms with Crippen LogP contribution in [0.15, 0.2) is 0 Å². The third-order valence-corrected chi connectivity index (χ3v) is 5.77. The molecule has 1 fully saturated rings. The summed E-state index contributed by atoms with van der Waals surface area (Å²) < 4.78 is 28.2. The molecular weight excluding hydrogens is 276 g/mol. The highest BCUT2D eigenvalue weighted by molar-refractivity contribution is 7.86. The minimum Gasteiger partial charge on any atom is -0.314 e. The number of nitrogens with zero attached hydrogens (tertiary/aromatic N) is 3. The van der Waals surface area contributed by atoms with E-state index in [4.69, 9.17) is 0 Å². The fourth-order valence-corrected chi connectivity index (χ4v) is 4.00. The second-order valence-corrected chi connectivity index (χ2v) is 8.00. The molecule has 1 atom stereocenters. The maximum atomic E-state index is 12.5. The molecule has 1 unspecified atom stereocenters. The minimum absolute atomic E-state index is 0.0370. The SMILES string of the molecule is CC(C)NCCCN(C)S(=O)(=O)N1CCN(C)CC1C. The summed E-state index contributed by atoms with van der Waals surface area (Å²) in [4.78, 5) is 2.17. The second-order valence-electron chi connectivity index (χ2n) is 6.01. The molecule has 0 aliphatic carbocycles. The van der Waals surface area contributed by atoms with Crippen LogP contribution in [0.1, 0.15) is 27.2 Å². The van der Waals surface area contributed by atoms with Crippen LogP contribution in [0.3, 0.4) is 0 Å². The summed E-state index contributed by atoms with van der Waals surface area (Å²) in [5.41, 5.74) is 0. The molecule has 20 heavy (non-hydrogen) atoms. The van der Waals surface area contributed by atoms with E-state index in [9.17, 15) is 8.42 Å². The monoisotopic (exact) mass is 306 g/mol. The molecule has 7 heteroatoms. The lowest BCUT2D eigenvalue weighted by molar-refractivity contribution is 0.163. The number of hydrogen-bond acceptors (Lipinski definition) is 4. The Bertz CT molecular complexity index is 386. The molecule has 1 heterocycles. The summed E-state index contributed by atoms with van der Waals surface area (Å²) in [6.07, 6.45) is 0.829. The zero-order chi connectivity index (χ0) is 15.3. The Morgan fingerprint density at radius 2 is 2.00 bits per heavy atom. The van der Waals surface area contributed by atoms with Crippen LogP contribution in [0, 0.1) is 0 Å². The molecule has 0 aromatic rings. The Morgan fingerprint density at radius 1 is 1.35 bits per heavy atom. The van der Waals surface area contributed by atoms with E-state index in [1.165, 1.54) is 4.31 Å². The van der Waals surface area contributed by atoms with Crippen LogP contribution in [0.2, 0.25) is 0 Å². The molecule has 0 bridgehead atoms. The Kier molecular flexibility index (Phi) is 6.87. The van der Waals surface area contributed by atoms with Crippen molar-refractivity contribution in [1.29, 1.82) is 0 Å². The van der Waals surface area contributed by atoms with Crippen LogP contribution in [0.5, 0.6) is 0 Å². The van der Waals surface area contributed by atoms with Crippen molar-refractivity contribution in [2.45, 2.75) is 39.3 Å². The lowest BCUT2D eigenvalue weighted by atomic mass is 10.2. The van der Waals surface area contributed by atoms with Gasteiger partial charge in [0.1, 0.15) is 0 Å². The highest BCUT2D eigenvalue weighted by Gasteiger charge is 2.33. The van der Waals surface area contributed by atoms with Crippen molar-refractivity contribution in [3.63, 3.8) is 0 Å². The Hall–Kier alpha value is -0.210. The van der Waals surface area contributed by atoms with Gasteiger partial charge in [-0.15, -0.1) is 0 Å². The quantitative estimate of drug-likeness (QED) is 0.682. The van der Waals surface area contributed by atoms with Crippen LogP contribution in [-0.4, -0.2) is 80.8 Å². The number of likely N-dealkylation sites (N-methyl/N-ethyl adjacent to an activating group) is 1. The Morgan fingerprint density at radius 3 is 2.55 bits per heavy atom. The minimum atomic E-state index is -3.32. The first-order valence-electron chi connectivity index (χ1n) is 7.40. The maximum Gasteiger partial charge on any atom is 0.282 e. The topological polar surface area (TPSA) is 55.9 Å². The standard InChI is InChI=1S/C13H30N4O2S/c1-12(2)14-7-6-8-16(5)20(18,19)17-10-9-15(4)11-13(17)3/h12-14H,6-11H2,1-5H3. The average Bonchev–Trinajstić information content (AvgIpc) is 2.33. The smallest absolute Gasteiger partial charge is 0.282 e. The van der Waals surface area contributed by atoms with Crippen molar-refractivity contribution in [2.24, 2.45) is 0 Å². The molecule has 0 saturated carbocycles. The van der Waals surface area contributed by atoms with Gasteiger partial charge < -0.3 is 10.2 Å². The molecule has 6 nitrogen and oxygen atoms in total. The number of piperazine rings is 1. The first-order chi connectivity index (χ1) is 9.25. The molecule has 0 aromatic heterocycles. The summed E-state index contributed by atoms with van der Waals surface area (Å²) >= 11 is 0. The van der Waals surface area contributed by atoms with Crippen LogP contribution in [0.25, 0.3) is 0 Å². The molecule has 1 saturated heterocycles. The van der Waals surface area contributed by atoms with E-state index in [1.54, 1.807) is 11.4 Å². The van der Waals surface area contributed by atoms with Gasteiger partial charge in [0.2, 0.25) is 0 Å².